The Morgan fingerprint density at radius 3 is 1.95 bits per heavy atom. The van der Waals surface area contributed by atoms with Gasteiger partial charge in [-0.1, -0.05) is 75.5 Å². The number of nitrogens with zero attached hydrogens (tertiary/aromatic N) is 1. The van der Waals surface area contributed by atoms with E-state index in [1.165, 1.54) is 26.2 Å². The summed E-state index contributed by atoms with van der Waals surface area (Å²) in [6.07, 6.45) is 25.0. The van der Waals surface area contributed by atoms with Gasteiger partial charge in [0.25, 0.3) is 0 Å². The summed E-state index contributed by atoms with van der Waals surface area (Å²) in [5, 5.41) is 11.4. The number of hydrogen-bond acceptors (Lipinski definition) is 7. The Hall–Kier alpha value is -2.45. The molecule has 40 heavy (non-hydrogen) atoms. The molecule has 2 unspecified atom stereocenters. The van der Waals surface area contributed by atoms with Crippen molar-refractivity contribution in [3.05, 3.63) is 36.5 Å². The number of carbonyl (C=O) groups is 3. The average molecular weight is 566 g/mol. The maximum absolute atomic E-state index is 12.3. The number of rotatable bonds is 25. The van der Waals surface area contributed by atoms with Crippen molar-refractivity contribution >= 4 is 17.9 Å². The molecule has 0 aliphatic carbocycles. The van der Waals surface area contributed by atoms with E-state index in [9.17, 15) is 19.5 Å². The molecule has 0 rings (SSSR count). The summed E-state index contributed by atoms with van der Waals surface area (Å²) in [6, 6.07) is -0.720. The van der Waals surface area contributed by atoms with Crippen LogP contribution < -0.4 is 5.11 Å². The number of quaternary nitrogens is 1. The summed E-state index contributed by atoms with van der Waals surface area (Å²) in [5.74, 6) is -1.96. The zero-order valence-corrected chi connectivity index (χ0v) is 25.7. The van der Waals surface area contributed by atoms with Crippen molar-refractivity contribution in [1.82, 2.24) is 0 Å². The molecule has 0 aromatic rings. The Morgan fingerprint density at radius 1 is 0.800 bits per heavy atom. The van der Waals surface area contributed by atoms with Crippen molar-refractivity contribution in [1.29, 1.82) is 0 Å². The molecule has 0 amide bonds. The molecule has 0 aromatic heterocycles. The average Bonchev–Trinajstić information content (AvgIpc) is 2.87. The van der Waals surface area contributed by atoms with Crippen LogP contribution in [-0.4, -0.2) is 75.5 Å². The molecule has 0 saturated carbocycles. The number of allylic oxidation sites excluding steroid dienone is 6. The van der Waals surface area contributed by atoms with Gasteiger partial charge in [0.2, 0.25) is 0 Å². The van der Waals surface area contributed by atoms with E-state index >= 15 is 0 Å². The van der Waals surface area contributed by atoms with Gasteiger partial charge in [-0.05, 0) is 38.5 Å². The molecule has 8 heteroatoms. The topological polar surface area (TPSA) is 102 Å². The maximum Gasteiger partial charge on any atom is 0.306 e. The highest BCUT2D eigenvalue weighted by atomic mass is 16.6. The number of carbonyl (C=O) groups excluding carboxylic acids is 3. The Kier molecular flexibility index (Phi) is 22.9. The number of hydrogen-bond donors (Lipinski definition) is 0. The third kappa shape index (κ3) is 23.4. The lowest BCUT2D eigenvalue weighted by atomic mass is 10.1. The van der Waals surface area contributed by atoms with Crippen LogP contribution in [0.1, 0.15) is 97.3 Å². The van der Waals surface area contributed by atoms with E-state index in [1.54, 1.807) is 21.1 Å². The van der Waals surface area contributed by atoms with Gasteiger partial charge in [0, 0.05) is 19.8 Å². The maximum atomic E-state index is 12.3. The summed E-state index contributed by atoms with van der Waals surface area (Å²) in [5.41, 5.74) is 0. The summed E-state index contributed by atoms with van der Waals surface area (Å²) in [4.78, 5) is 34.9. The van der Waals surface area contributed by atoms with Gasteiger partial charge in [-0.15, -0.1) is 0 Å². The molecule has 0 aromatic carbocycles. The lowest BCUT2D eigenvalue weighted by molar-refractivity contribution is -0.889. The fourth-order valence-corrected chi connectivity index (χ4v) is 4.04. The quantitative estimate of drug-likeness (QED) is 0.0660. The van der Waals surface area contributed by atoms with Gasteiger partial charge in [0.1, 0.15) is 12.6 Å². The third-order valence-electron chi connectivity index (χ3n) is 6.35. The third-order valence-corrected chi connectivity index (χ3v) is 6.35. The summed E-state index contributed by atoms with van der Waals surface area (Å²) < 4.78 is 16.2. The SMILES string of the molecule is CC/C=C\C/C=C\C/C=C\CCCCCCCCCC(=O)OC(COCCC(C(=O)[O-])[N+](C)(C)C)COC(C)=O. The second kappa shape index (κ2) is 24.4. The van der Waals surface area contributed by atoms with E-state index in [4.69, 9.17) is 14.2 Å². The van der Waals surface area contributed by atoms with E-state index in [0.717, 1.165) is 51.4 Å². The minimum Gasteiger partial charge on any atom is -0.544 e. The first kappa shape index (κ1) is 37.6. The first-order chi connectivity index (χ1) is 19.1. The summed E-state index contributed by atoms with van der Waals surface area (Å²) in [7, 11) is 5.33. The second-order valence-electron chi connectivity index (χ2n) is 11.0. The van der Waals surface area contributed by atoms with Crippen molar-refractivity contribution in [2.75, 3.05) is 41.0 Å². The van der Waals surface area contributed by atoms with Gasteiger partial charge in [-0.25, -0.2) is 0 Å². The number of likely N-dealkylation sites (N-methyl/N-ethyl adjacent to an activating group) is 1. The van der Waals surface area contributed by atoms with Gasteiger partial charge < -0.3 is 28.6 Å². The number of aliphatic carboxylic acids is 1. The zero-order valence-electron chi connectivity index (χ0n) is 25.7. The van der Waals surface area contributed by atoms with Crippen LogP contribution in [0.5, 0.6) is 0 Å². The van der Waals surface area contributed by atoms with Gasteiger partial charge in [-0.2, -0.15) is 0 Å². The van der Waals surface area contributed by atoms with Crippen molar-refractivity contribution in [2.24, 2.45) is 0 Å². The number of carboxylic acid groups (broad SMARTS) is 1. The van der Waals surface area contributed by atoms with E-state index in [0.29, 0.717) is 6.42 Å². The standard InChI is InChI=1S/C32H55NO7/c1-6-7-8-9-10-11-12-13-14-15-16-17-18-19-20-21-22-23-31(35)40-29(27-39-28(2)34)26-38-25-24-30(32(36)37)33(3,4)5/h7-8,10-11,13-14,29-30H,6,9,12,15-27H2,1-5H3/b8-7-,11-10-,14-13-. The molecule has 230 valence electrons. The summed E-state index contributed by atoms with van der Waals surface area (Å²) in [6.45, 7) is 3.52. The summed E-state index contributed by atoms with van der Waals surface area (Å²) >= 11 is 0. The van der Waals surface area contributed by atoms with E-state index in [-0.39, 0.29) is 36.7 Å². The number of carboxylic acids is 1. The van der Waals surface area contributed by atoms with E-state index in [2.05, 4.69) is 43.4 Å². The largest absolute Gasteiger partial charge is 0.544 e. The minimum absolute atomic E-state index is 0.0263. The Morgan fingerprint density at radius 2 is 1.38 bits per heavy atom. The molecule has 0 N–H and O–H groups in total. The fraction of sp³-hybridized carbons (Fsp3) is 0.719. The van der Waals surface area contributed by atoms with Crippen LogP contribution in [0.3, 0.4) is 0 Å². The lowest BCUT2D eigenvalue weighted by Crippen LogP contribution is -2.55. The van der Waals surface area contributed by atoms with Crippen LogP contribution in [-0.2, 0) is 28.6 Å². The highest BCUT2D eigenvalue weighted by molar-refractivity contribution is 5.70. The fourth-order valence-electron chi connectivity index (χ4n) is 4.04. The van der Waals surface area contributed by atoms with Crippen LogP contribution in [0, 0.1) is 0 Å². The van der Waals surface area contributed by atoms with Crippen molar-refractivity contribution < 1.29 is 38.2 Å². The van der Waals surface area contributed by atoms with Gasteiger partial charge in [0.05, 0.1) is 40.3 Å². The van der Waals surface area contributed by atoms with Gasteiger partial charge in [-0.3, -0.25) is 9.59 Å². The Balaban J connectivity index is 4.01. The molecular weight excluding hydrogens is 510 g/mol. The predicted molar refractivity (Wildman–Crippen MR) is 157 cm³/mol. The van der Waals surface area contributed by atoms with E-state index < -0.39 is 24.1 Å². The normalized spacial score (nSPS) is 13.7. The molecular formula is C32H55NO7. The molecule has 8 nitrogen and oxygen atoms in total. The number of ether oxygens (including phenoxy) is 3. The molecule has 0 saturated heterocycles. The highest BCUT2D eigenvalue weighted by Gasteiger charge is 2.25. The molecule has 0 radical (unpaired) electrons. The van der Waals surface area contributed by atoms with Crippen molar-refractivity contribution in [2.45, 2.75) is 109 Å². The lowest BCUT2D eigenvalue weighted by Gasteiger charge is -2.34. The minimum atomic E-state index is -1.14. The molecule has 2 atom stereocenters. The monoisotopic (exact) mass is 565 g/mol. The smallest absolute Gasteiger partial charge is 0.306 e. The van der Waals surface area contributed by atoms with Gasteiger partial charge >= 0.3 is 11.9 Å². The first-order valence-electron chi connectivity index (χ1n) is 14.9. The Bertz CT molecular complexity index is 768. The van der Waals surface area contributed by atoms with Crippen LogP contribution in [0.2, 0.25) is 0 Å². The van der Waals surface area contributed by atoms with Crippen LogP contribution >= 0.6 is 0 Å². The second-order valence-corrected chi connectivity index (χ2v) is 11.0. The van der Waals surface area contributed by atoms with E-state index in [1.807, 2.05) is 0 Å². The zero-order chi connectivity index (χ0) is 30.1. The van der Waals surface area contributed by atoms with Crippen LogP contribution in [0.25, 0.3) is 0 Å². The predicted octanol–water partition coefficient (Wildman–Crippen LogP) is 5.06. The highest BCUT2D eigenvalue weighted by Crippen LogP contribution is 2.12. The molecule has 0 heterocycles. The molecule has 0 aliphatic heterocycles. The van der Waals surface area contributed by atoms with Crippen molar-refractivity contribution in [3.8, 4) is 0 Å². The molecule has 0 fully saturated rings. The molecule has 0 spiro atoms. The van der Waals surface area contributed by atoms with Crippen LogP contribution in [0.15, 0.2) is 36.5 Å². The molecule has 0 aliphatic rings. The molecule has 0 bridgehead atoms. The van der Waals surface area contributed by atoms with Crippen molar-refractivity contribution in [3.63, 3.8) is 0 Å². The number of unbranched alkanes of at least 4 members (excludes halogenated alkanes) is 7. The number of esters is 2. The first-order valence-corrected chi connectivity index (χ1v) is 14.9. The van der Waals surface area contributed by atoms with Gasteiger partial charge in [0.15, 0.2) is 6.10 Å². The van der Waals surface area contributed by atoms with Crippen LogP contribution in [0.4, 0.5) is 0 Å². The Labute approximate surface area is 243 Å².